The zero-order chi connectivity index (χ0) is 25.8. The Balaban J connectivity index is 1.66. The van der Waals surface area contributed by atoms with Crippen LogP contribution in [0.4, 0.5) is 4.39 Å². The monoisotopic (exact) mass is 507 g/mol. The summed E-state index contributed by atoms with van der Waals surface area (Å²) in [5.41, 5.74) is -1.02. The van der Waals surface area contributed by atoms with Crippen LogP contribution in [0.25, 0.3) is 11.2 Å². The fourth-order valence-electron chi connectivity index (χ4n) is 4.02. The molecule has 36 heavy (non-hydrogen) atoms. The number of halogens is 1. The second-order valence-corrected chi connectivity index (χ2v) is 8.59. The first-order valence-electron chi connectivity index (χ1n) is 10.9. The predicted octanol–water partition coefficient (Wildman–Crippen LogP) is 0.261. The number of hydrogen-bond acceptors (Lipinski definition) is 12. The van der Waals surface area contributed by atoms with Crippen molar-refractivity contribution < 1.29 is 37.0 Å². The van der Waals surface area contributed by atoms with Gasteiger partial charge in [0.05, 0.1) is 25.6 Å². The molecule has 15 heteroatoms. The molecule has 3 atom stereocenters. The van der Waals surface area contributed by atoms with Gasteiger partial charge in [-0.2, -0.15) is 9.37 Å². The van der Waals surface area contributed by atoms with Crippen molar-refractivity contribution in [2.75, 3.05) is 6.61 Å². The zero-order valence-corrected chi connectivity index (χ0v) is 19.4. The molecular formula is C21H22FN5O9. The first-order chi connectivity index (χ1) is 17.1. The van der Waals surface area contributed by atoms with E-state index in [-0.39, 0.29) is 59.2 Å². The number of aryl methyl sites for hydroxylation is 2. The summed E-state index contributed by atoms with van der Waals surface area (Å²) < 4.78 is 43.4. The molecule has 0 bridgehead atoms. The summed E-state index contributed by atoms with van der Waals surface area (Å²) in [5.74, 6) is -1.31. The lowest BCUT2D eigenvalue weighted by atomic mass is 10.0. The molecule has 192 valence electrons. The van der Waals surface area contributed by atoms with Gasteiger partial charge in [-0.15, -0.1) is 0 Å². The maximum absolute atomic E-state index is 15.4. The van der Waals surface area contributed by atoms with Crippen LogP contribution < -0.4 is 17.1 Å². The van der Waals surface area contributed by atoms with Crippen molar-refractivity contribution in [3.63, 3.8) is 0 Å². The van der Waals surface area contributed by atoms with Crippen molar-refractivity contribution in [2.24, 2.45) is 4.99 Å². The van der Waals surface area contributed by atoms with E-state index in [1.165, 1.54) is 24.7 Å². The first-order valence-corrected chi connectivity index (χ1v) is 10.9. The average Bonchev–Trinajstić information content (AvgIpc) is 3.54. The molecule has 5 rings (SSSR count). The molecule has 4 aromatic rings. The summed E-state index contributed by atoms with van der Waals surface area (Å²) in [6, 6.07) is 0. The average molecular weight is 507 g/mol. The van der Waals surface area contributed by atoms with Crippen LogP contribution in [-0.4, -0.2) is 47.6 Å². The largest absolute Gasteiger partial charge is 0.519 e. The first kappa shape index (κ1) is 23.9. The summed E-state index contributed by atoms with van der Waals surface area (Å²) in [7, 11) is 0. The molecule has 0 aromatic carbocycles. The topological polar surface area (TPSA) is 184 Å². The van der Waals surface area contributed by atoms with E-state index < -0.39 is 42.3 Å². The van der Waals surface area contributed by atoms with E-state index in [0.29, 0.717) is 0 Å². The van der Waals surface area contributed by atoms with Gasteiger partial charge in [0, 0.05) is 6.42 Å². The molecule has 1 aliphatic rings. The number of aliphatic hydroxyl groups is 2. The highest BCUT2D eigenvalue weighted by Crippen LogP contribution is 2.37. The van der Waals surface area contributed by atoms with Gasteiger partial charge in [0.2, 0.25) is 0 Å². The normalized spacial score (nSPS) is 22.8. The van der Waals surface area contributed by atoms with Gasteiger partial charge in [-0.3, -0.25) is 14.1 Å². The minimum absolute atomic E-state index is 0.00814. The van der Waals surface area contributed by atoms with Crippen LogP contribution in [0, 0.1) is 19.9 Å². The summed E-state index contributed by atoms with van der Waals surface area (Å²) in [6.07, 6.45) is -1.31. The van der Waals surface area contributed by atoms with Gasteiger partial charge in [0.15, 0.2) is 28.2 Å². The Hall–Kier alpha value is -3.82. The smallest absolute Gasteiger partial charge is 0.396 e. The summed E-state index contributed by atoms with van der Waals surface area (Å²) in [6.45, 7) is 3.64. The van der Waals surface area contributed by atoms with Crippen LogP contribution >= 0.6 is 0 Å². The minimum Gasteiger partial charge on any atom is -0.396 e. The predicted molar refractivity (Wildman–Crippen MR) is 114 cm³/mol. The van der Waals surface area contributed by atoms with Crippen molar-refractivity contribution in [1.29, 1.82) is 0 Å². The van der Waals surface area contributed by atoms with Crippen molar-refractivity contribution in [1.82, 2.24) is 19.1 Å². The van der Waals surface area contributed by atoms with Gasteiger partial charge in [-0.1, -0.05) is 0 Å². The Kier molecular flexibility index (Phi) is 5.77. The third kappa shape index (κ3) is 4.00. The lowest BCUT2D eigenvalue weighted by Crippen LogP contribution is -2.39. The Morgan fingerprint density at radius 3 is 2.42 bits per heavy atom. The minimum atomic E-state index is -1.21. The van der Waals surface area contributed by atoms with Crippen molar-refractivity contribution >= 4 is 11.2 Å². The van der Waals surface area contributed by atoms with Crippen molar-refractivity contribution in [3.05, 3.63) is 62.2 Å². The molecule has 1 fully saturated rings. The van der Waals surface area contributed by atoms with Gasteiger partial charge >= 0.3 is 11.6 Å². The summed E-state index contributed by atoms with van der Waals surface area (Å²) in [4.78, 5) is 35.7. The highest BCUT2D eigenvalue weighted by atomic mass is 19.1. The molecule has 1 aliphatic heterocycles. The second kappa shape index (κ2) is 8.69. The van der Waals surface area contributed by atoms with Crippen molar-refractivity contribution in [3.8, 4) is 0 Å². The van der Waals surface area contributed by atoms with E-state index in [0.717, 1.165) is 4.57 Å². The molecule has 1 saturated heterocycles. The molecule has 0 spiro atoms. The van der Waals surface area contributed by atoms with Gasteiger partial charge in [-0.25, -0.2) is 14.6 Å². The van der Waals surface area contributed by atoms with E-state index >= 15 is 4.39 Å². The Morgan fingerprint density at radius 1 is 1.17 bits per heavy atom. The highest BCUT2D eigenvalue weighted by molar-refractivity contribution is 5.69. The number of imidazole rings is 1. The molecule has 4 aromatic heterocycles. The van der Waals surface area contributed by atoms with Gasteiger partial charge in [0.1, 0.15) is 29.9 Å². The van der Waals surface area contributed by atoms with E-state index in [1.54, 1.807) is 6.92 Å². The number of ether oxygens (including phenoxy) is 1. The molecule has 0 radical (unpaired) electrons. The quantitative estimate of drug-likeness (QED) is 0.341. The van der Waals surface area contributed by atoms with Gasteiger partial charge < -0.3 is 32.6 Å². The highest BCUT2D eigenvalue weighted by Gasteiger charge is 2.45. The Labute approximate surface area is 199 Å². The number of hydrogen-bond donors (Lipinski definition) is 2. The molecule has 0 amide bonds. The number of aromatic nitrogens is 4. The molecule has 14 nitrogen and oxygen atoms in total. The van der Waals surface area contributed by atoms with E-state index in [9.17, 15) is 19.8 Å². The lowest BCUT2D eigenvalue weighted by molar-refractivity contribution is -0.115. The van der Waals surface area contributed by atoms with Crippen LogP contribution in [0.2, 0.25) is 0 Å². The number of rotatable bonds is 6. The van der Waals surface area contributed by atoms with E-state index in [4.69, 9.17) is 22.4 Å². The molecule has 0 unspecified atom stereocenters. The fourth-order valence-corrected chi connectivity index (χ4v) is 4.02. The lowest BCUT2D eigenvalue weighted by Gasteiger charge is -2.24. The van der Waals surface area contributed by atoms with Crippen LogP contribution in [-0.2, 0) is 17.8 Å². The van der Waals surface area contributed by atoms with Crippen LogP contribution in [0.5, 0.6) is 0 Å². The Bertz CT molecular complexity index is 1620. The van der Waals surface area contributed by atoms with E-state index in [2.05, 4.69) is 15.0 Å². The summed E-state index contributed by atoms with van der Waals surface area (Å²) >= 11 is 0. The van der Waals surface area contributed by atoms with Crippen molar-refractivity contribution in [2.45, 2.75) is 58.2 Å². The number of aliphatic hydroxyl groups excluding tert-OH is 2. The molecule has 5 heterocycles. The van der Waals surface area contributed by atoms with Crippen LogP contribution in [0.1, 0.15) is 42.6 Å². The Morgan fingerprint density at radius 2 is 1.83 bits per heavy atom. The third-order valence-corrected chi connectivity index (χ3v) is 6.16. The molecule has 0 aliphatic carbocycles. The maximum atomic E-state index is 15.4. The number of nitrogens with zero attached hydrogens (tertiary/aromatic N) is 5. The molecule has 0 saturated carbocycles. The van der Waals surface area contributed by atoms with E-state index in [1.807, 2.05) is 0 Å². The second-order valence-electron chi connectivity index (χ2n) is 8.59. The third-order valence-electron chi connectivity index (χ3n) is 6.16. The SMILES string of the molecule is Cc1oc(=O)oc1C/N=c1/c2ncn([C@H]3C[C@H](O)[C@@](C)(CO)O3)c2nc(F)n1Cc1oc(=O)oc1C. The van der Waals surface area contributed by atoms with Gasteiger partial charge in [0.25, 0.3) is 6.08 Å². The van der Waals surface area contributed by atoms with Crippen LogP contribution in [0.15, 0.2) is 38.6 Å². The maximum Gasteiger partial charge on any atom is 0.519 e. The summed E-state index contributed by atoms with van der Waals surface area (Å²) in [5, 5.41) is 20.0. The van der Waals surface area contributed by atoms with Gasteiger partial charge in [-0.05, 0) is 20.8 Å². The zero-order valence-electron chi connectivity index (χ0n) is 19.4. The van der Waals surface area contributed by atoms with Crippen LogP contribution in [0.3, 0.4) is 0 Å². The molecular weight excluding hydrogens is 485 g/mol. The molecule has 2 N–H and O–H groups in total. The fraction of sp³-hybridized carbons (Fsp3) is 0.476. The number of fused-ring (bicyclic) bond motifs is 1. The standard InChI is InChI=1S/C21H22FN5O9/c1-9-11(34-19(30)32-9)5-23-16-15-17(25-18(22)26(16)6-12-10(2)33-20(31)35-12)27(8-24-15)14-4-13(29)21(3,7-28)36-14/h8,13-14,28-29H,4-7H2,1-3H3/b23-16-/t13-,14+,21+/m0/s1.